The number of hydrogen-bond donors (Lipinski definition) is 1. The second-order valence-electron chi connectivity index (χ2n) is 5.21. The number of nitrogens with one attached hydrogen (secondary N) is 1. The lowest BCUT2D eigenvalue weighted by Crippen LogP contribution is -2.28. The van der Waals surface area contributed by atoms with Crippen LogP contribution in [0.25, 0.3) is 0 Å². The van der Waals surface area contributed by atoms with Crippen molar-refractivity contribution in [2.24, 2.45) is 5.41 Å². The van der Waals surface area contributed by atoms with E-state index in [1.54, 1.807) is 20.8 Å². The van der Waals surface area contributed by atoms with Crippen molar-refractivity contribution in [2.45, 2.75) is 26.3 Å². The summed E-state index contributed by atoms with van der Waals surface area (Å²) in [5.74, 6) is -0.792. The summed E-state index contributed by atoms with van der Waals surface area (Å²) in [7, 11) is -5.70. The maximum atomic E-state index is 12.1. The Kier molecular flexibility index (Phi) is 4.57. The Morgan fingerprint density at radius 2 is 1.57 bits per heavy atom. The number of anilines is 1. The predicted molar refractivity (Wildman–Crippen MR) is 70.1 cm³/mol. The van der Waals surface area contributed by atoms with Crippen LogP contribution in [0, 0.1) is 5.41 Å². The van der Waals surface area contributed by atoms with Crippen LogP contribution in [0.5, 0.6) is 5.75 Å². The second kappa shape index (κ2) is 5.55. The summed E-state index contributed by atoms with van der Waals surface area (Å²) in [6, 6.07) is 4.51. The normalized spacial score (nSPS) is 12.9. The minimum atomic E-state index is -5.70. The average molecular weight is 325 g/mol. The van der Waals surface area contributed by atoms with Crippen molar-refractivity contribution in [3.8, 4) is 5.75 Å². The minimum Gasteiger partial charge on any atom is -0.376 e. The Balaban J connectivity index is 2.83. The van der Waals surface area contributed by atoms with Crippen LogP contribution in [0.2, 0.25) is 0 Å². The molecule has 21 heavy (non-hydrogen) atoms. The van der Waals surface area contributed by atoms with Gasteiger partial charge in [-0.15, -0.1) is 0 Å². The number of hydrogen-bond acceptors (Lipinski definition) is 4. The molecule has 1 amide bonds. The minimum absolute atomic E-state index is 0.293. The molecule has 0 spiro atoms. The summed E-state index contributed by atoms with van der Waals surface area (Å²) in [5, 5.41) is 2.54. The van der Waals surface area contributed by atoms with Crippen molar-refractivity contribution in [3.05, 3.63) is 24.3 Å². The molecule has 0 unspecified atom stereocenters. The summed E-state index contributed by atoms with van der Waals surface area (Å²) >= 11 is 0. The molecule has 0 aliphatic heterocycles. The van der Waals surface area contributed by atoms with Crippen LogP contribution in [0.3, 0.4) is 0 Å². The highest BCUT2D eigenvalue weighted by molar-refractivity contribution is 7.87. The summed E-state index contributed by atoms with van der Waals surface area (Å²) in [4.78, 5) is 11.7. The van der Waals surface area contributed by atoms with Gasteiger partial charge in [0.05, 0.1) is 0 Å². The molecule has 0 aromatic heterocycles. The molecule has 5 nitrogen and oxygen atoms in total. The van der Waals surface area contributed by atoms with E-state index >= 15 is 0 Å². The van der Waals surface area contributed by atoms with Gasteiger partial charge in [-0.2, -0.15) is 21.6 Å². The molecule has 9 heteroatoms. The lowest BCUT2D eigenvalue weighted by atomic mass is 9.95. The molecule has 0 atom stereocenters. The summed E-state index contributed by atoms with van der Waals surface area (Å²) in [5.41, 5.74) is -5.83. The van der Waals surface area contributed by atoms with Gasteiger partial charge in [0.25, 0.3) is 0 Å². The quantitative estimate of drug-likeness (QED) is 0.685. The number of benzene rings is 1. The van der Waals surface area contributed by atoms with Crippen LogP contribution in [0.15, 0.2) is 24.3 Å². The van der Waals surface area contributed by atoms with Crippen molar-refractivity contribution in [2.75, 3.05) is 5.32 Å². The zero-order chi connectivity index (χ0) is 16.5. The van der Waals surface area contributed by atoms with Crippen molar-refractivity contribution in [3.63, 3.8) is 0 Å². The van der Waals surface area contributed by atoms with Gasteiger partial charge in [-0.1, -0.05) is 20.8 Å². The third-order valence-corrected chi connectivity index (χ3v) is 3.26. The molecule has 0 radical (unpaired) electrons. The number of amides is 1. The highest BCUT2D eigenvalue weighted by atomic mass is 32.2. The average Bonchev–Trinajstić information content (AvgIpc) is 2.28. The van der Waals surface area contributed by atoms with Crippen LogP contribution >= 0.6 is 0 Å². The van der Waals surface area contributed by atoms with E-state index in [0.29, 0.717) is 5.69 Å². The first-order chi connectivity index (χ1) is 9.33. The summed E-state index contributed by atoms with van der Waals surface area (Å²) in [6.45, 7) is 5.07. The lowest BCUT2D eigenvalue weighted by Gasteiger charge is -2.17. The Hall–Kier alpha value is -1.77. The molecule has 0 saturated carbocycles. The smallest absolute Gasteiger partial charge is 0.376 e. The Morgan fingerprint density at radius 3 is 1.95 bits per heavy atom. The molecule has 0 heterocycles. The predicted octanol–water partition coefficient (Wildman–Crippen LogP) is 2.90. The fraction of sp³-hybridized carbons (Fsp3) is 0.417. The van der Waals surface area contributed by atoms with Crippen molar-refractivity contribution in [1.82, 2.24) is 0 Å². The lowest BCUT2D eigenvalue weighted by molar-refractivity contribution is -0.123. The fourth-order valence-electron chi connectivity index (χ4n) is 1.09. The van der Waals surface area contributed by atoms with E-state index in [4.69, 9.17) is 0 Å². The van der Waals surface area contributed by atoms with E-state index in [1.165, 1.54) is 12.1 Å². The van der Waals surface area contributed by atoms with Crippen LogP contribution in [0.4, 0.5) is 18.9 Å². The number of alkyl halides is 3. The zero-order valence-corrected chi connectivity index (χ0v) is 12.3. The van der Waals surface area contributed by atoms with E-state index in [-0.39, 0.29) is 5.91 Å². The van der Waals surface area contributed by atoms with Crippen LogP contribution < -0.4 is 9.50 Å². The summed E-state index contributed by atoms with van der Waals surface area (Å²) < 4.78 is 61.9. The van der Waals surface area contributed by atoms with E-state index in [2.05, 4.69) is 9.50 Å². The third-order valence-electron chi connectivity index (χ3n) is 2.28. The van der Waals surface area contributed by atoms with Gasteiger partial charge < -0.3 is 9.50 Å². The maximum absolute atomic E-state index is 12.1. The number of carbonyl (C=O) groups excluding carboxylic acids is 1. The van der Waals surface area contributed by atoms with Gasteiger partial charge in [0.2, 0.25) is 5.91 Å². The summed E-state index contributed by atoms with van der Waals surface area (Å²) in [6.07, 6.45) is 0. The van der Waals surface area contributed by atoms with Crippen molar-refractivity contribution >= 4 is 21.7 Å². The SMILES string of the molecule is CC(C)(C)C(=O)Nc1ccc(OS(=O)(=O)C(F)(F)F)cc1. The molecule has 1 N–H and O–H groups in total. The second-order valence-corrected chi connectivity index (χ2v) is 6.75. The van der Waals surface area contributed by atoms with Gasteiger partial charge in [0.15, 0.2) is 0 Å². The molecule has 0 fully saturated rings. The maximum Gasteiger partial charge on any atom is 0.534 e. The number of halogens is 3. The highest BCUT2D eigenvalue weighted by Crippen LogP contribution is 2.27. The first-order valence-electron chi connectivity index (χ1n) is 5.75. The molecule has 0 aliphatic carbocycles. The van der Waals surface area contributed by atoms with E-state index in [1.807, 2.05) is 0 Å². The highest BCUT2D eigenvalue weighted by Gasteiger charge is 2.48. The van der Waals surface area contributed by atoms with E-state index in [9.17, 15) is 26.4 Å². The van der Waals surface area contributed by atoms with Crippen LogP contribution in [-0.4, -0.2) is 19.8 Å². The number of rotatable bonds is 3. The molecule has 1 rings (SSSR count). The van der Waals surface area contributed by atoms with Gasteiger partial charge >= 0.3 is 15.6 Å². The molecule has 1 aromatic carbocycles. The third kappa shape index (κ3) is 4.62. The topological polar surface area (TPSA) is 72.5 Å². The Morgan fingerprint density at radius 1 is 1.10 bits per heavy atom. The molecule has 118 valence electrons. The monoisotopic (exact) mass is 325 g/mol. The fourth-order valence-corrected chi connectivity index (χ4v) is 1.55. The van der Waals surface area contributed by atoms with Crippen LogP contribution in [-0.2, 0) is 14.9 Å². The zero-order valence-electron chi connectivity index (χ0n) is 11.5. The molecular formula is C12H14F3NO4S. The van der Waals surface area contributed by atoms with Crippen molar-refractivity contribution < 1.29 is 30.6 Å². The van der Waals surface area contributed by atoms with E-state index in [0.717, 1.165) is 12.1 Å². The first kappa shape index (κ1) is 17.3. The molecule has 0 bridgehead atoms. The van der Waals surface area contributed by atoms with E-state index < -0.39 is 26.8 Å². The standard InChI is InChI=1S/C12H14F3NO4S/c1-11(2,3)10(17)16-8-4-6-9(7-5-8)20-21(18,19)12(13,14)15/h4-7H,1-3H3,(H,16,17). The molecule has 0 aliphatic rings. The Labute approximate surface area is 120 Å². The van der Waals surface area contributed by atoms with Crippen LogP contribution in [0.1, 0.15) is 20.8 Å². The molecule has 1 aromatic rings. The molecular weight excluding hydrogens is 311 g/mol. The molecule has 0 saturated heterocycles. The Bertz CT molecular complexity index is 615. The van der Waals surface area contributed by atoms with Gasteiger partial charge in [-0.3, -0.25) is 4.79 Å². The van der Waals surface area contributed by atoms with Gasteiger partial charge in [-0.05, 0) is 24.3 Å². The largest absolute Gasteiger partial charge is 0.534 e. The van der Waals surface area contributed by atoms with Crippen molar-refractivity contribution in [1.29, 1.82) is 0 Å². The van der Waals surface area contributed by atoms with Gasteiger partial charge in [0.1, 0.15) is 5.75 Å². The van der Waals surface area contributed by atoms with Gasteiger partial charge in [0, 0.05) is 11.1 Å². The number of carbonyl (C=O) groups is 1. The van der Waals surface area contributed by atoms with Gasteiger partial charge in [-0.25, -0.2) is 0 Å². The first-order valence-corrected chi connectivity index (χ1v) is 7.16.